The monoisotopic (exact) mass is 490 g/mol. The Morgan fingerprint density at radius 1 is 0.857 bits per heavy atom. The van der Waals surface area contributed by atoms with Crippen molar-refractivity contribution in [1.82, 2.24) is 4.98 Å². The zero-order valence-electron chi connectivity index (χ0n) is 18.0. The molecule has 0 unspecified atom stereocenters. The normalized spacial score (nSPS) is 10.9. The number of non-ortho nitro benzene ring substituents is 1. The van der Waals surface area contributed by atoms with Crippen molar-refractivity contribution in [1.29, 1.82) is 0 Å². The molecule has 0 fully saturated rings. The number of rotatable bonds is 8. The molecular formula is C24H18N4O6S. The number of benzene rings is 3. The van der Waals surface area contributed by atoms with Gasteiger partial charge >= 0.3 is 0 Å². The van der Waals surface area contributed by atoms with Gasteiger partial charge < -0.3 is 10.1 Å². The summed E-state index contributed by atoms with van der Waals surface area (Å²) in [5.41, 5.74) is 0.718. The van der Waals surface area contributed by atoms with Gasteiger partial charge in [0.2, 0.25) is 0 Å². The van der Waals surface area contributed by atoms with Gasteiger partial charge in [0.15, 0.2) is 0 Å². The average Bonchev–Trinajstić information content (AvgIpc) is 2.86. The highest BCUT2D eigenvalue weighted by atomic mass is 32.2. The van der Waals surface area contributed by atoms with Crippen LogP contribution in [0.15, 0.2) is 102 Å². The molecule has 0 atom stereocenters. The molecule has 1 aromatic heterocycles. The van der Waals surface area contributed by atoms with E-state index in [-0.39, 0.29) is 22.2 Å². The van der Waals surface area contributed by atoms with Gasteiger partial charge in [0.25, 0.3) is 21.6 Å². The first-order valence-electron chi connectivity index (χ1n) is 10.2. The first-order chi connectivity index (χ1) is 16.8. The molecule has 0 spiro atoms. The Morgan fingerprint density at radius 3 is 2.14 bits per heavy atom. The number of nitrogens with zero attached hydrogens (tertiary/aromatic N) is 2. The molecule has 35 heavy (non-hydrogen) atoms. The number of amides is 1. The number of ether oxygens (including phenoxy) is 1. The number of anilines is 2. The van der Waals surface area contributed by atoms with Crippen LogP contribution in [0.3, 0.4) is 0 Å². The van der Waals surface area contributed by atoms with Gasteiger partial charge in [-0.2, -0.15) is 0 Å². The van der Waals surface area contributed by atoms with E-state index in [2.05, 4.69) is 15.0 Å². The molecule has 176 valence electrons. The van der Waals surface area contributed by atoms with E-state index in [1.807, 2.05) is 0 Å². The van der Waals surface area contributed by atoms with Gasteiger partial charge in [0.1, 0.15) is 11.5 Å². The fraction of sp³-hybridized carbons (Fsp3) is 0. The highest BCUT2D eigenvalue weighted by molar-refractivity contribution is 7.92. The number of sulfonamides is 1. The molecule has 10 nitrogen and oxygen atoms in total. The molecule has 0 radical (unpaired) electrons. The summed E-state index contributed by atoms with van der Waals surface area (Å²) in [6, 6.07) is 20.7. The van der Waals surface area contributed by atoms with Crippen LogP contribution < -0.4 is 14.8 Å². The van der Waals surface area contributed by atoms with Gasteiger partial charge in [-0.25, -0.2) is 8.42 Å². The molecule has 4 aromatic rings. The minimum Gasteiger partial charge on any atom is -0.457 e. The highest BCUT2D eigenvalue weighted by Gasteiger charge is 2.18. The van der Waals surface area contributed by atoms with Gasteiger partial charge in [-0.05, 0) is 66.7 Å². The minimum absolute atomic E-state index is 0.200. The van der Waals surface area contributed by atoms with E-state index in [1.165, 1.54) is 42.5 Å². The second-order valence-electron chi connectivity index (χ2n) is 7.20. The summed E-state index contributed by atoms with van der Waals surface area (Å²) < 4.78 is 33.1. The number of aromatic nitrogens is 1. The van der Waals surface area contributed by atoms with Crippen molar-refractivity contribution in [3.63, 3.8) is 0 Å². The van der Waals surface area contributed by atoms with Crippen molar-refractivity contribution in [2.24, 2.45) is 0 Å². The lowest BCUT2D eigenvalue weighted by Gasteiger charge is -2.10. The van der Waals surface area contributed by atoms with Crippen molar-refractivity contribution in [2.75, 3.05) is 10.0 Å². The Morgan fingerprint density at radius 2 is 1.49 bits per heavy atom. The fourth-order valence-corrected chi connectivity index (χ4v) is 4.12. The van der Waals surface area contributed by atoms with Crippen LogP contribution in [0.4, 0.5) is 17.1 Å². The van der Waals surface area contributed by atoms with E-state index >= 15 is 0 Å². The summed E-state index contributed by atoms with van der Waals surface area (Å²) >= 11 is 0. The van der Waals surface area contributed by atoms with Crippen molar-refractivity contribution < 1.29 is 22.9 Å². The van der Waals surface area contributed by atoms with E-state index in [9.17, 15) is 23.3 Å². The molecule has 0 aliphatic heterocycles. The van der Waals surface area contributed by atoms with Crippen LogP contribution in [-0.2, 0) is 10.0 Å². The second kappa shape index (κ2) is 10.0. The lowest BCUT2D eigenvalue weighted by atomic mass is 10.2. The van der Waals surface area contributed by atoms with Gasteiger partial charge in [-0.15, -0.1) is 0 Å². The molecule has 0 aliphatic rings. The molecule has 0 aliphatic carbocycles. The highest BCUT2D eigenvalue weighted by Crippen LogP contribution is 2.23. The van der Waals surface area contributed by atoms with Crippen LogP contribution in [0.25, 0.3) is 0 Å². The first-order valence-corrected chi connectivity index (χ1v) is 11.7. The van der Waals surface area contributed by atoms with E-state index in [0.717, 1.165) is 6.07 Å². The maximum atomic E-state index is 12.6. The number of hydrogen-bond donors (Lipinski definition) is 2. The molecule has 1 amide bonds. The Balaban J connectivity index is 1.39. The Hall–Kier alpha value is -4.77. The zero-order valence-corrected chi connectivity index (χ0v) is 18.8. The Kier molecular flexibility index (Phi) is 6.69. The second-order valence-corrected chi connectivity index (χ2v) is 8.88. The maximum absolute atomic E-state index is 12.6. The number of carbonyl (C=O) groups is 1. The molecule has 1 heterocycles. The van der Waals surface area contributed by atoms with Crippen LogP contribution in [-0.4, -0.2) is 24.2 Å². The van der Waals surface area contributed by atoms with Gasteiger partial charge in [-0.1, -0.05) is 6.07 Å². The summed E-state index contributed by atoms with van der Waals surface area (Å²) in [6.07, 6.45) is 3.24. The average molecular weight is 490 g/mol. The van der Waals surface area contributed by atoms with Crippen LogP contribution in [0, 0.1) is 10.1 Å². The van der Waals surface area contributed by atoms with Crippen LogP contribution in [0.1, 0.15) is 10.4 Å². The smallest absolute Gasteiger partial charge is 0.270 e. The molecule has 0 saturated carbocycles. The lowest BCUT2D eigenvalue weighted by Crippen LogP contribution is -2.14. The standard InChI is InChI=1S/C24H18N4O6S/c29-24(26-18-8-10-21(11-9-18)34-22-12-14-25-15-13-22)17-4-6-19(7-5-17)27-35(32,33)23-3-1-2-20(16-23)28(30)31/h1-16,27H,(H,26,29). The predicted octanol–water partition coefficient (Wildman–Crippen LogP) is 4.84. The number of hydrogen-bond acceptors (Lipinski definition) is 7. The topological polar surface area (TPSA) is 141 Å². The van der Waals surface area contributed by atoms with Crippen LogP contribution in [0.2, 0.25) is 0 Å². The third-order valence-corrected chi connectivity index (χ3v) is 6.11. The number of nitrogens with one attached hydrogen (secondary N) is 2. The first kappa shape index (κ1) is 23.4. The molecule has 11 heteroatoms. The predicted molar refractivity (Wildman–Crippen MR) is 129 cm³/mol. The molecule has 0 saturated heterocycles. The zero-order chi connectivity index (χ0) is 24.8. The fourth-order valence-electron chi connectivity index (χ4n) is 3.02. The van der Waals surface area contributed by atoms with Crippen molar-refractivity contribution >= 4 is 33.0 Å². The van der Waals surface area contributed by atoms with Crippen LogP contribution >= 0.6 is 0 Å². The number of nitro benzene ring substituents is 1. The van der Waals surface area contributed by atoms with Crippen molar-refractivity contribution in [2.45, 2.75) is 4.90 Å². The Bertz CT molecular complexity index is 1460. The molecule has 3 aromatic carbocycles. The summed E-state index contributed by atoms with van der Waals surface area (Å²) in [5, 5.41) is 13.7. The SMILES string of the molecule is O=C(Nc1ccc(Oc2ccncc2)cc1)c1ccc(NS(=O)(=O)c2cccc([N+](=O)[O-])c2)cc1. The van der Waals surface area contributed by atoms with Crippen molar-refractivity contribution in [3.05, 3.63) is 113 Å². The van der Waals surface area contributed by atoms with Crippen LogP contribution in [0.5, 0.6) is 11.5 Å². The van der Waals surface area contributed by atoms with Crippen molar-refractivity contribution in [3.8, 4) is 11.5 Å². The molecule has 4 rings (SSSR count). The molecular weight excluding hydrogens is 472 g/mol. The minimum atomic E-state index is -4.05. The third-order valence-electron chi connectivity index (χ3n) is 4.74. The summed E-state index contributed by atoms with van der Waals surface area (Å²) in [4.78, 5) is 26.5. The third kappa shape index (κ3) is 5.97. The quantitative estimate of drug-likeness (QED) is 0.266. The lowest BCUT2D eigenvalue weighted by molar-refractivity contribution is -0.385. The summed E-state index contributed by atoms with van der Waals surface area (Å²) in [6.45, 7) is 0. The summed E-state index contributed by atoms with van der Waals surface area (Å²) in [7, 11) is -4.05. The Labute approximate surface area is 200 Å². The number of pyridine rings is 1. The summed E-state index contributed by atoms with van der Waals surface area (Å²) in [5.74, 6) is 0.841. The molecule has 0 bridgehead atoms. The largest absolute Gasteiger partial charge is 0.457 e. The van der Waals surface area contributed by atoms with Gasteiger partial charge in [0.05, 0.1) is 9.82 Å². The van der Waals surface area contributed by atoms with E-state index < -0.39 is 14.9 Å². The number of carbonyl (C=O) groups excluding carboxylic acids is 1. The van der Waals surface area contributed by atoms with E-state index in [1.54, 1.807) is 48.8 Å². The van der Waals surface area contributed by atoms with Gasteiger partial charge in [0, 0.05) is 41.5 Å². The maximum Gasteiger partial charge on any atom is 0.270 e. The van der Waals surface area contributed by atoms with Gasteiger partial charge in [-0.3, -0.25) is 24.6 Å². The van der Waals surface area contributed by atoms with E-state index in [4.69, 9.17) is 4.74 Å². The number of nitro groups is 1. The molecule has 2 N–H and O–H groups in total. The van der Waals surface area contributed by atoms with E-state index in [0.29, 0.717) is 22.7 Å².